The molecular weight excluding hydrogens is 408 g/mol. The van der Waals surface area contributed by atoms with Crippen LogP contribution in [0, 0.1) is 11.3 Å². The maximum Gasteiger partial charge on any atom is 0.341 e. The van der Waals surface area contributed by atoms with Gasteiger partial charge in [0.25, 0.3) is 0 Å². The summed E-state index contributed by atoms with van der Waals surface area (Å²) < 4.78 is 5.05. The molecule has 0 aliphatic heterocycles. The first-order chi connectivity index (χ1) is 11.8. The normalized spacial score (nSPS) is 11.1. The van der Waals surface area contributed by atoms with Gasteiger partial charge in [-0.15, -0.1) is 0 Å². The molecule has 0 saturated carbocycles. The smallest absolute Gasteiger partial charge is 0.341 e. The number of hydrogen-bond acceptors (Lipinski definition) is 3. The summed E-state index contributed by atoms with van der Waals surface area (Å²) in [5.74, 6) is -1.09. The van der Waals surface area contributed by atoms with E-state index in [-0.39, 0.29) is 21.4 Å². The minimum absolute atomic E-state index is 0.0610. The molecule has 0 heterocycles. The SMILES string of the molecule is N#C/C(=C\c1cc(Cl)c(OCC(=O)O)c(Cl)c1)c1ccc(Cl)cc1Cl. The van der Waals surface area contributed by atoms with Crippen LogP contribution in [-0.4, -0.2) is 17.7 Å². The molecule has 0 saturated heterocycles. The molecule has 0 spiro atoms. The summed E-state index contributed by atoms with van der Waals surface area (Å²) in [6, 6.07) is 9.86. The van der Waals surface area contributed by atoms with E-state index in [0.29, 0.717) is 21.2 Å². The Bertz CT molecular complexity index is 880. The summed E-state index contributed by atoms with van der Waals surface area (Å²) in [5, 5.41) is 19.1. The van der Waals surface area contributed by atoms with Gasteiger partial charge in [-0.3, -0.25) is 0 Å². The van der Waals surface area contributed by atoms with E-state index in [1.165, 1.54) is 18.2 Å². The number of ether oxygens (including phenoxy) is 1. The van der Waals surface area contributed by atoms with Crippen molar-refractivity contribution in [3.63, 3.8) is 0 Å². The molecule has 0 atom stereocenters. The lowest BCUT2D eigenvalue weighted by Crippen LogP contribution is -2.10. The molecule has 2 rings (SSSR count). The van der Waals surface area contributed by atoms with Gasteiger partial charge >= 0.3 is 5.97 Å². The molecule has 0 fully saturated rings. The monoisotopic (exact) mass is 415 g/mol. The van der Waals surface area contributed by atoms with Gasteiger partial charge in [0, 0.05) is 10.6 Å². The lowest BCUT2D eigenvalue weighted by atomic mass is 10.0. The number of carbonyl (C=O) groups is 1. The highest BCUT2D eigenvalue weighted by molar-refractivity contribution is 6.37. The predicted molar refractivity (Wildman–Crippen MR) is 99.5 cm³/mol. The number of carboxylic acids is 1. The lowest BCUT2D eigenvalue weighted by molar-refractivity contribution is -0.139. The van der Waals surface area contributed by atoms with Crippen LogP contribution < -0.4 is 4.74 Å². The molecule has 0 bridgehead atoms. The van der Waals surface area contributed by atoms with Crippen LogP contribution in [0.5, 0.6) is 5.75 Å². The van der Waals surface area contributed by atoms with Gasteiger partial charge in [0.1, 0.15) is 0 Å². The topological polar surface area (TPSA) is 70.3 Å². The molecule has 0 aliphatic rings. The molecule has 2 aromatic carbocycles. The number of rotatable bonds is 5. The van der Waals surface area contributed by atoms with Crippen LogP contribution >= 0.6 is 46.4 Å². The molecule has 4 nitrogen and oxygen atoms in total. The summed E-state index contributed by atoms with van der Waals surface area (Å²) in [6.07, 6.45) is 1.55. The zero-order valence-corrected chi connectivity index (χ0v) is 15.4. The van der Waals surface area contributed by atoms with Crippen molar-refractivity contribution in [2.75, 3.05) is 6.61 Å². The molecule has 0 aromatic heterocycles. The van der Waals surface area contributed by atoms with E-state index in [0.717, 1.165) is 0 Å². The predicted octanol–water partition coefficient (Wildman–Crippen LogP) is 5.83. The van der Waals surface area contributed by atoms with E-state index in [1.54, 1.807) is 18.2 Å². The Morgan fingerprint density at radius 1 is 1.12 bits per heavy atom. The lowest BCUT2D eigenvalue weighted by Gasteiger charge is -2.09. The molecule has 0 unspecified atom stereocenters. The van der Waals surface area contributed by atoms with Crippen molar-refractivity contribution >= 4 is 64.0 Å². The largest absolute Gasteiger partial charge is 0.479 e. The van der Waals surface area contributed by atoms with Crippen molar-refractivity contribution in [2.45, 2.75) is 0 Å². The first-order valence-electron chi connectivity index (χ1n) is 6.72. The second-order valence-electron chi connectivity index (χ2n) is 4.79. The fourth-order valence-corrected chi connectivity index (χ4v) is 3.10. The zero-order valence-electron chi connectivity index (χ0n) is 12.4. The highest BCUT2D eigenvalue weighted by Crippen LogP contribution is 2.36. The van der Waals surface area contributed by atoms with Crippen LogP contribution in [0.1, 0.15) is 11.1 Å². The van der Waals surface area contributed by atoms with E-state index >= 15 is 0 Å². The second-order valence-corrected chi connectivity index (χ2v) is 6.45. The van der Waals surface area contributed by atoms with Crippen molar-refractivity contribution in [1.29, 1.82) is 5.26 Å². The average Bonchev–Trinajstić information content (AvgIpc) is 2.52. The number of carboxylic acid groups (broad SMARTS) is 1. The molecule has 2 aromatic rings. The van der Waals surface area contributed by atoms with Gasteiger partial charge in [0.2, 0.25) is 0 Å². The zero-order chi connectivity index (χ0) is 18.6. The number of nitriles is 1. The third-order valence-electron chi connectivity index (χ3n) is 3.01. The Morgan fingerprint density at radius 2 is 1.76 bits per heavy atom. The highest BCUT2D eigenvalue weighted by Gasteiger charge is 2.12. The number of aliphatic carboxylic acids is 1. The Hall–Kier alpha value is -1.90. The number of benzene rings is 2. The number of hydrogen-bond donors (Lipinski definition) is 1. The van der Waals surface area contributed by atoms with E-state index in [4.69, 9.17) is 56.2 Å². The third-order valence-corrected chi connectivity index (χ3v) is 4.12. The first-order valence-corrected chi connectivity index (χ1v) is 8.24. The number of nitrogens with zero attached hydrogens (tertiary/aromatic N) is 1. The van der Waals surface area contributed by atoms with Crippen LogP contribution in [-0.2, 0) is 4.79 Å². The van der Waals surface area contributed by atoms with Crippen molar-refractivity contribution in [2.24, 2.45) is 0 Å². The number of allylic oxidation sites excluding steroid dienone is 1. The van der Waals surface area contributed by atoms with Crippen LogP contribution in [0.4, 0.5) is 0 Å². The molecule has 0 radical (unpaired) electrons. The quantitative estimate of drug-likeness (QED) is 0.491. The molecule has 128 valence electrons. The summed E-state index contributed by atoms with van der Waals surface area (Å²) in [7, 11) is 0. The van der Waals surface area contributed by atoms with Crippen LogP contribution in [0.15, 0.2) is 30.3 Å². The molecule has 25 heavy (non-hydrogen) atoms. The fourth-order valence-electron chi connectivity index (χ4n) is 1.98. The van der Waals surface area contributed by atoms with Crippen molar-refractivity contribution < 1.29 is 14.6 Å². The van der Waals surface area contributed by atoms with Crippen molar-refractivity contribution in [1.82, 2.24) is 0 Å². The minimum atomic E-state index is -1.15. The van der Waals surface area contributed by atoms with Gasteiger partial charge in [-0.2, -0.15) is 5.26 Å². The first kappa shape index (κ1) is 19.4. The summed E-state index contributed by atoms with van der Waals surface area (Å²) in [5.41, 5.74) is 1.32. The summed E-state index contributed by atoms with van der Waals surface area (Å²) in [6.45, 7) is -0.571. The Kier molecular flexibility index (Phi) is 6.57. The minimum Gasteiger partial charge on any atom is -0.479 e. The molecule has 0 amide bonds. The van der Waals surface area contributed by atoms with E-state index in [1.807, 2.05) is 0 Å². The molecule has 8 heteroatoms. The Labute approximate surface area is 163 Å². The van der Waals surface area contributed by atoms with Gasteiger partial charge in [-0.1, -0.05) is 52.5 Å². The third kappa shape index (κ3) is 5.04. The average molecular weight is 417 g/mol. The van der Waals surface area contributed by atoms with Crippen LogP contribution in [0.2, 0.25) is 20.1 Å². The Balaban J connectivity index is 2.42. The van der Waals surface area contributed by atoms with Gasteiger partial charge < -0.3 is 9.84 Å². The fraction of sp³-hybridized carbons (Fsp3) is 0.0588. The van der Waals surface area contributed by atoms with Crippen LogP contribution in [0.3, 0.4) is 0 Å². The summed E-state index contributed by atoms with van der Waals surface area (Å²) in [4.78, 5) is 10.6. The summed E-state index contributed by atoms with van der Waals surface area (Å²) >= 11 is 24.2. The molecule has 1 N–H and O–H groups in total. The van der Waals surface area contributed by atoms with Gasteiger partial charge in [-0.25, -0.2) is 4.79 Å². The van der Waals surface area contributed by atoms with Gasteiger partial charge in [0.05, 0.1) is 26.7 Å². The van der Waals surface area contributed by atoms with Crippen molar-refractivity contribution in [3.8, 4) is 11.8 Å². The van der Waals surface area contributed by atoms with E-state index in [9.17, 15) is 10.1 Å². The maximum atomic E-state index is 10.6. The molecular formula is C17H9Cl4NO3. The second kappa shape index (κ2) is 8.46. The van der Waals surface area contributed by atoms with Crippen LogP contribution in [0.25, 0.3) is 11.6 Å². The van der Waals surface area contributed by atoms with E-state index in [2.05, 4.69) is 6.07 Å². The molecule has 0 aliphatic carbocycles. The highest BCUT2D eigenvalue weighted by atomic mass is 35.5. The van der Waals surface area contributed by atoms with Gasteiger partial charge in [0.15, 0.2) is 12.4 Å². The Morgan fingerprint density at radius 3 is 2.28 bits per heavy atom. The van der Waals surface area contributed by atoms with Crippen molar-refractivity contribution in [3.05, 3.63) is 61.5 Å². The van der Waals surface area contributed by atoms with Gasteiger partial charge in [-0.05, 0) is 35.9 Å². The maximum absolute atomic E-state index is 10.6. The standard InChI is InChI=1S/C17H9Cl4NO3/c18-11-1-2-12(13(19)6-11)10(7-22)3-9-4-14(20)17(15(21)5-9)25-8-16(23)24/h1-6H,8H2,(H,23,24)/b10-3+. The van der Waals surface area contributed by atoms with E-state index < -0.39 is 12.6 Å². The number of halogens is 4.